The number of fused-ring (bicyclic) bond motifs is 1. The first-order chi connectivity index (χ1) is 16.7. The maximum absolute atomic E-state index is 12.1. The Hall–Kier alpha value is -2.83. The van der Waals surface area contributed by atoms with Crippen molar-refractivity contribution in [2.75, 3.05) is 11.9 Å². The van der Waals surface area contributed by atoms with Gasteiger partial charge in [-0.25, -0.2) is 15.0 Å². The minimum Gasteiger partial charge on any atom is -0.463 e. The van der Waals surface area contributed by atoms with Crippen molar-refractivity contribution in [3.05, 3.63) is 12.7 Å². The van der Waals surface area contributed by atoms with Gasteiger partial charge in [-0.15, -0.1) is 0 Å². The molecule has 12 heteroatoms. The number of nitrogens with one attached hydrogen (secondary N) is 1. The molecule has 0 aromatic carbocycles. The Balaban J connectivity index is 1.50. The van der Waals surface area contributed by atoms with Crippen LogP contribution in [0.1, 0.15) is 53.2 Å². The van der Waals surface area contributed by atoms with Gasteiger partial charge in [-0.2, -0.15) is 0 Å². The van der Waals surface area contributed by atoms with Crippen LogP contribution in [0.25, 0.3) is 11.2 Å². The van der Waals surface area contributed by atoms with Crippen LogP contribution in [0, 0.1) is 11.8 Å². The first-order valence-corrected chi connectivity index (χ1v) is 12.0. The van der Waals surface area contributed by atoms with E-state index in [2.05, 4.69) is 20.3 Å². The molecule has 1 aliphatic heterocycles. The number of anilines is 1. The second-order valence-corrected chi connectivity index (χ2v) is 9.69. The molecule has 0 bridgehead atoms. The Kier molecular flexibility index (Phi) is 7.53. The molecule has 2 unspecified atom stereocenters. The Morgan fingerprint density at radius 1 is 1.11 bits per heavy atom. The molecule has 1 aliphatic carbocycles. The number of rotatable bonds is 8. The molecule has 192 valence electrons. The monoisotopic (exact) mass is 491 g/mol. The number of aliphatic hydroxyl groups excluding tert-OH is 2. The molecule has 2 aromatic heterocycles. The molecule has 0 radical (unpaired) electrons. The second-order valence-electron chi connectivity index (χ2n) is 9.69. The quantitative estimate of drug-likeness (QED) is 0.455. The Morgan fingerprint density at radius 2 is 1.86 bits per heavy atom. The van der Waals surface area contributed by atoms with Crippen LogP contribution in [0.15, 0.2) is 12.7 Å². The average Bonchev–Trinajstić information content (AvgIpc) is 3.51. The fourth-order valence-corrected chi connectivity index (χ4v) is 4.26. The fraction of sp³-hybridized carbons (Fsp3) is 0.696. The molecule has 0 amide bonds. The van der Waals surface area contributed by atoms with Crippen molar-refractivity contribution in [2.45, 2.75) is 83.6 Å². The molecule has 2 aromatic rings. The van der Waals surface area contributed by atoms with E-state index in [4.69, 9.17) is 14.2 Å². The largest absolute Gasteiger partial charge is 0.463 e. The molecule has 4 rings (SSSR count). The van der Waals surface area contributed by atoms with E-state index in [0.29, 0.717) is 17.0 Å². The molecule has 3 heterocycles. The number of carbonyl (C=O) groups excluding carboxylic acids is 2. The molecule has 1 saturated heterocycles. The van der Waals surface area contributed by atoms with E-state index in [0.717, 1.165) is 19.3 Å². The molecule has 1 saturated carbocycles. The normalized spacial score (nSPS) is 28.7. The molecule has 2 aliphatic rings. The van der Waals surface area contributed by atoms with E-state index in [1.165, 1.54) is 17.2 Å². The SMILES string of the molecule is CC(C)C(=O)OC[C@H]1OC(n2cnc3c(NC4CCC[C@@H]4OC(=O)C(C)C)ncnc32)[C@H](O)[C@@H]1O. The first kappa shape index (κ1) is 25.3. The predicted octanol–water partition coefficient (Wildman–Crippen LogP) is 1.18. The van der Waals surface area contributed by atoms with Crippen LogP contribution in [-0.4, -0.2) is 78.7 Å². The molecule has 0 spiro atoms. The number of aromatic nitrogens is 4. The minimum absolute atomic E-state index is 0.115. The van der Waals surface area contributed by atoms with Crippen LogP contribution in [0.5, 0.6) is 0 Å². The van der Waals surface area contributed by atoms with Crippen LogP contribution < -0.4 is 5.32 Å². The van der Waals surface area contributed by atoms with Crippen molar-refractivity contribution in [2.24, 2.45) is 11.8 Å². The highest BCUT2D eigenvalue weighted by Crippen LogP contribution is 2.33. The third-order valence-corrected chi connectivity index (χ3v) is 6.35. The van der Waals surface area contributed by atoms with Gasteiger partial charge in [0.15, 0.2) is 23.2 Å². The van der Waals surface area contributed by atoms with Crippen molar-refractivity contribution in [1.82, 2.24) is 19.5 Å². The number of nitrogens with zero attached hydrogens (tertiary/aromatic N) is 4. The van der Waals surface area contributed by atoms with Gasteiger partial charge >= 0.3 is 11.9 Å². The summed E-state index contributed by atoms with van der Waals surface area (Å²) in [5.41, 5.74) is 0.848. The van der Waals surface area contributed by atoms with Gasteiger partial charge in [-0.1, -0.05) is 27.7 Å². The van der Waals surface area contributed by atoms with E-state index < -0.39 is 30.5 Å². The number of hydrogen-bond donors (Lipinski definition) is 3. The summed E-state index contributed by atoms with van der Waals surface area (Å²) < 4.78 is 18.2. The van der Waals surface area contributed by atoms with Crippen LogP contribution in [-0.2, 0) is 23.8 Å². The third kappa shape index (κ3) is 5.24. The number of ether oxygens (including phenoxy) is 3. The van der Waals surface area contributed by atoms with Gasteiger partial charge in [0.25, 0.3) is 0 Å². The zero-order valence-electron chi connectivity index (χ0n) is 20.3. The van der Waals surface area contributed by atoms with Crippen molar-refractivity contribution >= 4 is 28.9 Å². The summed E-state index contributed by atoms with van der Waals surface area (Å²) in [7, 11) is 0. The first-order valence-electron chi connectivity index (χ1n) is 12.0. The highest BCUT2D eigenvalue weighted by Gasteiger charge is 2.45. The molecular formula is C23H33N5O7. The minimum atomic E-state index is -1.28. The van der Waals surface area contributed by atoms with Gasteiger partial charge in [0.05, 0.1) is 24.2 Å². The summed E-state index contributed by atoms with van der Waals surface area (Å²) in [5.74, 6) is -0.701. The zero-order chi connectivity index (χ0) is 25.3. The third-order valence-electron chi connectivity index (χ3n) is 6.35. The van der Waals surface area contributed by atoms with Gasteiger partial charge < -0.3 is 29.7 Å². The Labute approximate surface area is 203 Å². The Bertz CT molecular complexity index is 1060. The van der Waals surface area contributed by atoms with Gasteiger partial charge in [-0.05, 0) is 19.3 Å². The lowest BCUT2D eigenvalue weighted by molar-refractivity contribution is -0.154. The fourth-order valence-electron chi connectivity index (χ4n) is 4.26. The van der Waals surface area contributed by atoms with Crippen molar-refractivity contribution in [1.29, 1.82) is 0 Å². The second kappa shape index (κ2) is 10.4. The lowest BCUT2D eigenvalue weighted by Crippen LogP contribution is -2.34. The Morgan fingerprint density at radius 3 is 2.57 bits per heavy atom. The zero-order valence-corrected chi connectivity index (χ0v) is 20.3. The highest BCUT2D eigenvalue weighted by atomic mass is 16.6. The lowest BCUT2D eigenvalue weighted by Gasteiger charge is -2.22. The lowest BCUT2D eigenvalue weighted by atomic mass is 10.1. The highest BCUT2D eigenvalue weighted by molar-refractivity contribution is 5.83. The molecule has 3 N–H and O–H groups in total. The van der Waals surface area contributed by atoms with Crippen LogP contribution >= 0.6 is 0 Å². The van der Waals surface area contributed by atoms with Gasteiger partial charge in [0, 0.05) is 0 Å². The van der Waals surface area contributed by atoms with Gasteiger partial charge in [-0.3, -0.25) is 14.2 Å². The van der Waals surface area contributed by atoms with E-state index in [-0.39, 0.29) is 36.6 Å². The van der Waals surface area contributed by atoms with E-state index in [9.17, 15) is 19.8 Å². The van der Waals surface area contributed by atoms with Crippen LogP contribution in [0.3, 0.4) is 0 Å². The summed E-state index contributed by atoms with van der Waals surface area (Å²) >= 11 is 0. The number of imidazole rings is 1. The smallest absolute Gasteiger partial charge is 0.308 e. The summed E-state index contributed by atoms with van der Waals surface area (Å²) in [4.78, 5) is 36.9. The van der Waals surface area contributed by atoms with Crippen molar-refractivity contribution in [3.63, 3.8) is 0 Å². The number of hydrogen-bond acceptors (Lipinski definition) is 11. The van der Waals surface area contributed by atoms with Crippen molar-refractivity contribution < 1.29 is 34.0 Å². The summed E-state index contributed by atoms with van der Waals surface area (Å²) in [5, 5.41) is 24.4. The van der Waals surface area contributed by atoms with Crippen LogP contribution in [0.4, 0.5) is 5.82 Å². The molecule has 6 atom stereocenters. The van der Waals surface area contributed by atoms with E-state index >= 15 is 0 Å². The average molecular weight is 492 g/mol. The summed E-state index contributed by atoms with van der Waals surface area (Å²) in [6.07, 6.45) is 0.641. The molecular weight excluding hydrogens is 458 g/mol. The maximum Gasteiger partial charge on any atom is 0.308 e. The number of esters is 2. The summed E-state index contributed by atoms with van der Waals surface area (Å²) in [6, 6.07) is -0.115. The molecule has 2 fully saturated rings. The van der Waals surface area contributed by atoms with Crippen molar-refractivity contribution in [3.8, 4) is 0 Å². The summed E-state index contributed by atoms with van der Waals surface area (Å²) in [6.45, 7) is 6.83. The van der Waals surface area contributed by atoms with Gasteiger partial charge in [0.1, 0.15) is 37.4 Å². The number of aliphatic hydroxyl groups is 2. The molecule has 35 heavy (non-hydrogen) atoms. The standard InChI is InChI=1S/C23H33N5O7/c1-11(2)22(31)33-8-15-17(29)18(30)21(34-15)28-10-26-16-19(24-9-25-20(16)28)27-13-6-5-7-14(13)35-23(32)12(3)4/h9-15,17-18,21,29-30H,5-8H2,1-4H3,(H,24,25,27)/t13?,14-,15+,17+,18+,21?/m0/s1. The van der Waals surface area contributed by atoms with E-state index in [1.807, 2.05) is 0 Å². The molecule has 12 nitrogen and oxygen atoms in total. The predicted molar refractivity (Wildman–Crippen MR) is 123 cm³/mol. The van der Waals surface area contributed by atoms with Gasteiger partial charge in [0.2, 0.25) is 0 Å². The maximum atomic E-state index is 12.1. The number of carbonyl (C=O) groups is 2. The van der Waals surface area contributed by atoms with Crippen LogP contribution in [0.2, 0.25) is 0 Å². The topological polar surface area (TPSA) is 158 Å². The van der Waals surface area contributed by atoms with E-state index in [1.54, 1.807) is 27.7 Å².